The molecule has 1 heterocycles. The van der Waals surface area contributed by atoms with Gasteiger partial charge in [-0.15, -0.1) is 0 Å². The molecule has 0 bridgehead atoms. The van der Waals surface area contributed by atoms with Gasteiger partial charge in [0.25, 0.3) is 0 Å². The first-order valence-electron chi connectivity index (χ1n) is 8.15. The van der Waals surface area contributed by atoms with Gasteiger partial charge in [-0.3, -0.25) is 0 Å². The van der Waals surface area contributed by atoms with Gasteiger partial charge in [0.05, 0.1) is 0 Å². The highest BCUT2D eigenvalue weighted by Crippen LogP contribution is 2.39. The second-order valence-corrected chi connectivity index (χ2v) is 6.31. The Labute approximate surface area is 121 Å². The normalized spacial score (nSPS) is 26.3. The fourth-order valence-electron chi connectivity index (χ4n) is 3.06. The minimum absolute atomic E-state index is 0.570. The van der Waals surface area contributed by atoms with E-state index in [1.807, 2.05) is 0 Å². The Morgan fingerprint density at radius 3 is 2.55 bits per heavy atom. The van der Waals surface area contributed by atoms with Gasteiger partial charge in [0.2, 0.25) is 0 Å². The van der Waals surface area contributed by atoms with Crippen molar-refractivity contribution >= 4 is 11.6 Å². The summed E-state index contributed by atoms with van der Waals surface area (Å²) in [5.41, 5.74) is 0. The summed E-state index contributed by atoms with van der Waals surface area (Å²) < 4.78 is 0. The van der Waals surface area contributed by atoms with E-state index in [2.05, 4.69) is 35.5 Å². The van der Waals surface area contributed by atoms with Crippen molar-refractivity contribution in [1.82, 2.24) is 9.97 Å². The summed E-state index contributed by atoms with van der Waals surface area (Å²) >= 11 is 0. The van der Waals surface area contributed by atoms with Crippen molar-refractivity contribution in [3.8, 4) is 0 Å². The lowest BCUT2D eigenvalue weighted by Gasteiger charge is -2.30. The van der Waals surface area contributed by atoms with Crippen molar-refractivity contribution in [1.29, 1.82) is 0 Å². The topological polar surface area (TPSA) is 49.8 Å². The number of hydrogen-bond acceptors (Lipinski definition) is 4. The Bertz CT molecular complexity index is 456. The Balaban J connectivity index is 1.76. The molecule has 2 atom stereocenters. The monoisotopic (exact) mass is 274 g/mol. The van der Waals surface area contributed by atoms with Gasteiger partial charge in [0.15, 0.2) is 0 Å². The zero-order chi connectivity index (χ0) is 13.9. The summed E-state index contributed by atoms with van der Waals surface area (Å²) in [7, 11) is 0. The van der Waals surface area contributed by atoms with Crippen LogP contribution in [0, 0.1) is 5.92 Å². The third-order valence-corrected chi connectivity index (χ3v) is 4.49. The van der Waals surface area contributed by atoms with Crippen LogP contribution in [0.1, 0.15) is 64.1 Å². The maximum absolute atomic E-state index is 4.74. The molecule has 4 heteroatoms. The predicted molar refractivity (Wildman–Crippen MR) is 83.2 cm³/mol. The summed E-state index contributed by atoms with van der Waals surface area (Å²) in [4.78, 5) is 9.38. The largest absolute Gasteiger partial charge is 0.370 e. The molecule has 2 saturated carbocycles. The van der Waals surface area contributed by atoms with Gasteiger partial charge >= 0.3 is 0 Å². The molecule has 0 amide bonds. The van der Waals surface area contributed by atoms with Gasteiger partial charge in [-0.05, 0) is 38.5 Å². The predicted octanol–water partition coefficient (Wildman–Crippen LogP) is 3.78. The summed E-state index contributed by atoms with van der Waals surface area (Å²) in [5.74, 6) is 4.34. The average molecular weight is 274 g/mol. The molecule has 2 unspecified atom stereocenters. The number of anilines is 2. The molecule has 1 aromatic rings. The smallest absolute Gasteiger partial charge is 0.136 e. The second-order valence-electron chi connectivity index (χ2n) is 6.31. The lowest BCUT2D eigenvalue weighted by Crippen LogP contribution is -2.30. The van der Waals surface area contributed by atoms with E-state index in [9.17, 15) is 0 Å². The van der Waals surface area contributed by atoms with Gasteiger partial charge in [-0.1, -0.05) is 19.8 Å². The number of hydrogen-bond donors (Lipinski definition) is 2. The van der Waals surface area contributed by atoms with E-state index in [0.717, 1.165) is 29.9 Å². The van der Waals surface area contributed by atoms with E-state index < -0.39 is 0 Å². The summed E-state index contributed by atoms with van der Waals surface area (Å²) in [6.07, 6.45) is 7.80. The third-order valence-electron chi connectivity index (χ3n) is 4.49. The Morgan fingerprint density at radius 2 is 1.85 bits per heavy atom. The molecule has 2 fully saturated rings. The van der Waals surface area contributed by atoms with Crippen molar-refractivity contribution in [2.75, 3.05) is 17.2 Å². The first kappa shape index (κ1) is 13.7. The number of nitrogens with zero attached hydrogens (tertiary/aromatic N) is 2. The van der Waals surface area contributed by atoms with Gasteiger partial charge in [0.1, 0.15) is 17.5 Å². The average Bonchev–Trinajstić information content (AvgIpc) is 3.26. The van der Waals surface area contributed by atoms with Gasteiger partial charge in [-0.2, -0.15) is 0 Å². The van der Waals surface area contributed by atoms with E-state index in [0.29, 0.717) is 12.0 Å². The first-order valence-corrected chi connectivity index (χ1v) is 8.15. The van der Waals surface area contributed by atoms with E-state index in [-0.39, 0.29) is 0 Å². The molecule has 2 aliphatic carbocycles. The SMILES string of the molecule is CCNc1cc(NC2CCCCC2C)nc(C2CC2)n1. The molecular formula is C16H26N4. The fraction of sp³-hybridized carbons (Fsp3) is 0.750. The molecule has 2 aliphatic rings. The zero-order valence-corrected chi connectivity index (χ0v) is 12.7. The minimum Gasteiger partial charge on any atom is -0.370 e. The van der Waals surface area contributed by atoms with E-state index in [4.69, 9.17) is 4.98 Å². The lowest BCUT2D eigenvalue weighted by atomic mass is 9.86. The quantitative estimate of drug-likeness (QED) is 0.858. The summed E-state index contributed by atoms with van der Waals surface area (Å²) in [6, 6.07) is 2.64. The second kappa shape index (κ2) is 5.98. The first-order chi connectivity index (χ1) is 9.76. The molecule has 4 nitrogen and oxygen atoms in total. The van der Waals surface area contributed by atoms with Crippen LogP contribution in [0.25, 0.3) is 0 Å². The fourth-order valence-corrected chi connectivity index (χ4v) is 3.06. The standard InChI is InChI=1S/C16H26N4/c1-3-17-14-10-15(20-16(19-14)12-8-9-12)18-13-7-5-4-6-11(13)2/h10-13H,3-9H2,1-2H3,(H2,17,18,19,20). The van der Waals surface area contributed by atoms with Gasteiger partial charge in [-0.25, -0.2) is 9.97 Å². The minimum atomic E-state index is 0.570. The highest BCUT2D eigenvalue weighted by molar-refractivity contribution is 5.48. The zero-order valence-electron chi connectivity index (χ0n) is 12.7. The van der Waals surface area contributed by atoms with Crippen LogP contribution in [0.3, 0.4) is 0 Å². The lowest BCUT2D eigenvalue weighted by molar-refractivity contribution is 0.349. The number of nitrogens with one attached hydrogen (secondary N) is 2. The van der Waals surface area contributed by atoms with Crippen LogP contribution in [0.15, 0.2) is 6.07 Å². The van der Waals surface area contributed by atoms with Crippen LogP contribution in [-0.4, -0.2) is 22.6 Å². The van der Waals surface area contributed by atoms with Crippen molar-refractivity contribution in [3.63, 3.8) is 0 Å². The molecule has 2 N–H and O–H groups in total. The van der Waals surface area contributed by atoms with Crippen LogP contribution in [0.4, 0.5) is 11.6 Å². The molecule has 0 radical (unpaired) electrons. The molecule has 0 aromatic carbocycles. The van der Waals surface area contributed by atoms with Crippen LogP contribution in [0.5, 0.6) is 0 Å². The molecule has 0 aliphatic heterocycles. The highest BCUT2D eigenvalue weighted by atomic mass is 15.1. The van der Waals surface area contributed by atoms with Crippen LogP contribution in [-0.2, 0) is 0 Å². The van der Waals surface area contributed by atoms with Crippen molar-refractivity contribution in [2.24, 2.45) is 5.92 Å². The Kier molecular flexibility index (Phi) is 4.08. The van der Waals surface area contributed by atoms with Gasteiger partial charge in [0, 0.05) is 24.6 Å². The molecule has 1 aromatic heterocycles. The van der Waals surface area contributed by atoms with Crippen LogP contribution >= 0.6 is 0 Å². The maximum Gasteiger partial charge on any atom is 0.136 e. The number of aromatic nitrogens is 2. The van der Waals surface area contributed by atoms with Gasteiger partial charge < -0.3 is 10.6 Å². The van der Waals surface area contributed by atoms with Crippen LogP contribution < -0.4 is 10.6 Å². The molecule has 0 spiro atoms. The Hall–Kier alpha value is -1.32. The highest BCUT2D eigenvalue weighted by Gasteiger charge is 2.28. The Morgan fingerprint density at radius 1 is 1.10 bits per heavy atom. The molecule has 3 rings (SSSR count). The van der Waals surface area contributed by atoms with Crippen molar-refractivity contribution < 1.29 is 0 Å². The van der Waals surface area contributed by atoms with Crippen LogP contribution in [0.2, 0.25) is 0 Å². The molecule has 110 valence electrons. The molecule has 0 saturated heterocycles. The van der Waals surface area contributed by atoms with E-state index in [1.165, 1.54) is 38.5 Å². The maximum atomic E-state index is 4.74. The molecule has 20 heavy (non-hydrogen) atoms. The van der Waals surface area contributed by atoms with E-state index in [1.54, 1.807) is 0 Å². The number of rotatable bonds is 5. The third kappa shape index (κ3) is 3.22. The van der Waals surface area contributed by atoms with E-state index >= 15 is 0 Å². The summed E-state index contributed by atoms with van der Waals surface area (Å²) in [6.45, 7) is 5.36. The molecular weight excluding hydrogens is 248 g/mol. The summed E-state index contributed by atoms with van der Waals surface area (Å²) in [5, 5.41) is 6.99. The van der Waals surface area contributed by atoms with Crippen molar-refractivity contribution in [2.45, 2.75) is 64.3 Å². The van der Waals surface area contributed by atoms with Crippen molar-refractivity contribution in [3.05, 3.63) is 11.9 Å².